The number of likely N-dealkylation sites (tertiary alicyclic amines) is 1. The monoisotopic (exact) mass is 210 g/mol. The summed E-state index contributed by atoms with van der Waals surface area (Å²) in [4.78, 5) is 6.56. The highest BCUT2D eigenvalue weighted by Crippen LogP contribution is 2.22. The zero-order valence-corrected chi connectivity index (χ0v) is 9.31. The third-order valence-electron chi connectivity index (χ3n) is 3.11. The molecule has 0 aliphatic carbocycles. The molecular formula is C10H18N4O. The molecule has 15 heavy (non-hydrogen) atoms. The Hall–Kier alpha value is -0.940. The van der Waals surface area contributed by atoms with Crippen LogP contribution in [0.4, 0.5) is 0 Å². The Morgan fingerprint density at radius 1 is 1.40 bits per heavy atom. The lowest BCUT2D eigenvalue weighted by molar-refractivity contribution is 0.297. The van der Waals surface area contributed by atoms with Gasteiger partial charge in [0.1, 0.15) is 0 Å². The largest absolute Gasteiger partial charge is 0.338 e. The molecule has 2 rings (SSSR count). The summed E-state index contributed by atoms with van der Waals surface area (Å²) in [5, 5.41) is 3.89. The number of aromatic nitrogens is 2. The molecule has 1 aromatic heterocycles. The molecule has 1 aromatic rings. The van der Waals surface area contributed by atoms with E-state index in [9.17, 15) is 0 Å². The molecule has 0 saturated carbocycles. The second kappa shape index (κ2) is 4.28. The number of nitrogens with two attached hydrogens (primary N) is 1. The summed E-state index contributed by atoms with van der Waals surface area (Å²) < 4.78 is 4.96. The van der Waals surface area contributed by atoms with Crippen molar-refractivity contribution in [3.05, 3.63) is 11.7 Å². The first-order valence-electron chi connectivity index (χ1n) is 5.43. The van der Waals surface area contributed by atoms with Gasteiger partial charge in [0.25, 0.3) is 0 Å². The molecule has 0 amide bonds. The Morgan fingerprint density at radius 3 is 2.60 bits per heavy atom. The molecule has 0 bridgehead atoms. The van der Waals surface area contributed by atoms with E-state index < -0.39 is 0 Å². The van der Waals surface area contributed by atoms with E-state index in [0.29, 0.717) is 12.4 Å². The Morgan fingerprint density at radius 2 is 2.07 bits per heavy atom. The summed E-state index contributed by atoms with van der Waals surface area (Å²) in [7, 11) is 0. The van der Waals surface area contributed by atoms with Crippen LogP contribution in [-0.2, 0) is 13.1 Å². The first kappa shape index (κ1) is 10.6. The maximum absolute atomic E-state index is 5.41. The van der Waals surface area contributed by atoms with Gasteiger partial charge in [-0.3, -0.25) is 4.90 Å². The van der Waals surface area contributed by atoms with Crippen molar-refractivity contribution in [1.82, 2.24) is 15.0 Å². The van der Waals surface area contributed by atoms with Gasteiger partial charge in [-0.15, -0.1) is 0 Å². The summed E-state index contributed by atoms with van der Waals surface area (Å²) in [6, 6.07) is 0. The van der Waals surface area contributed by atoms with Gasteiger partial charge >= 0.3 is 0 Å². The van der Waals surface area contributed by atoms with Crippen molar-refractivity contribution in [3.8, 4) is 0 Å². The van der Waals surface area contributed by atoms with Gasteiger partial charge in [-0.2, -0.15) is 4.98 Å². The maximum Gasteiger partial charge on any atom is 0.240 e. The zero-order valence-electron chi connectivity index (χ0n) is 9.31. The molecule has 5 heteroatoms. The fourth-order valence-corrected chi connectivity index (χ4v) is 2.02. The van der Waals surface area contributed by atoms with Gasteiger partial charge in [0.2, 0.25) is 5.89 Å². The SMILES string of the molecule is CC1CN(Cc2noc(CN)n2)CC1C. The Balaban J connectivity index is 1.92. The van der Waals surface area contributed by atoms with E-state index in [2.05, 4.69) is 28.9 Å². The molecule has 2 heterocycles. The zero-order chi connectivity index (χ0) is 10.8. The minimum absolute atomic E-state index is 0.319. The molecule has 84 valence electrons. The van der Waals surface area contributed by atoms with Gasteiger partial charge in [0.15, 0.2) is 5.82 Å². The van der Waals surface area contributed by atoms with Gasteiger partial charge in [0.05, 0.1) is 13.1 Å². The smallest absolute Gasteiger partial charge is 0.240 e. The predicted molar refractivity (Wildman–Crippen MR) is 55.8 cm³/mol. The summed E-state index contributed by atoms with van der Waals surface area (Å²) >= 11 is 0. The molecule has 2 unspecified atom stereocenters. The van der Waals surface area contributed by atoms with Crippen LogP contribution in [0.25, 0.3) is 0 Å². The third kappa shape index (κ3) is 2.35. The molecule has 0 spiro atoms. The van der Waals surface area contributed by atoms with Gasteiger partial charge in [-0.1, -0.05) is 19.0 Å². The molecular weight excluding hydrogens is 192 g/mol. The van der Waals surface area contributed by atoms with Crippen LogP contribution in [0.3, 0.4) is 0 Å². The van der Waals surface area contributed by atoms with E-state index in [4.69, 9.17) is 10.3 Å². The van der Waals surface area contributed by atoms with Gasteiger partial charge in [-0.25, -0.2) is 0 Å². The highest BCUT2D eigenvalue weighted by Gasteiger charge is 2.26. The third-order valence-corrected chi connectivity index (χ3v) is 3.11. The molecule has 1 fully saturated rings. The number of hydrogen-bond donors (Lipinski definition) is 1. The van der Waals surface area contributed by atoms with E-state index in [1.165, 1.54) is 0 Å². The van der Waals surface area contributed by atoms with Crippen molar-refractivity contribution >= 4 is 0 Å². The van der Waals surface area contributed by atoms with Crippen molar-refractivity contribution in [2.24, 2.45) is 17.6 Å². The number of rotatable bonds is 3. The fourth-order valence-electron chi connectivity index (χ4n) is 2.02. The molecule has 0 radical (unpaired) electrons. The van der Waals surface area contributed by atoms with E-state index in [1.54, 1.807) is 0 Å². The van der Waals surface area contributed by atoms with Crippen molar-refractivity contribution in [1.29, 1.82) is 0 Å². The Bertz CT molecular complexity index is 315. The standard InChI is InChI=1S/C10H18N4O/c1-7-4-14(5-8(7)2)6-9-12-10(3-11)15-13-9/h7-8H,3-6,11H2,1-2H3. The van der Waals surface area contributed by atoms with Crippen molar-refractivity contribution in [2.45, 2.75) is 26.9 Å². The molecule has 1 saturated heterocycles. The lowest BCUT2D eigenvalue weighted by atomic mass is 10.0. The van der Waals surface area contributed by atoms with Crippen LogP contribution in [0.2, 0.25) is 0 Å². The average Bonchev–Trinajstić information content (AvgIpc) is 2.76. The second-order valence-electron chi connectivity index (χ2n) is 4.46. The summed E-state index contributed by atoms with van der Waals surface area (Å²) in [5.41, 5.74) is 5.41. The van der Waals surface area contributed by atoms with Gasteiger partial charge < -0.3 is 10.3 Å². The Kier molecular flexibility index (Phi) is 3.02. The van der Waals surface area contributed by atoms with Crippen LogP contribution in [0.15, 0.2) is 4.52 Å². The van der Waals surface area contributed by atoms with Crippen LogP contribution < -0.4 is 5.73 Å². The molecule has 2 atom stereocenters. The highest BCUT2D eigenvalue weighted by atomic mass is 16.5. The summed E-state index contributed by atoms with van der Waals surface area (Å²) in [6.07, 6.45) is 0. The molecule has 1 aliphatic rings. The van der Waals surface area contributed by atoms with Crippen LogP contribution >= 0.6 is 0 Å². The Labute approximate surface area is 89.6 Å². The first-order valence-corrected chi connectivity index (χ1v) is 5.43. The molecule has 2 N–H and O–H groups in total. The lowest BCUT2D eigenvalue weighted by Gasteiger charge is -2.11. The number of hydrogen-bond acceptors (Lipinski definition) is 5. The van der Waals surface area contributed by atoms with Crippen LogP contribution in [0.1, 0.15) is 25.6 Å². The molecule has 5 nitrogen and oxygen atoms in total. The highest BCUT2D eigenvalue weighted by molar-refractivity contribution is 4.88. The summed E-state index contributed by atoms with van der Waals surface area (Å²) in [5.74, 6) is 2.78. The topological polar surface area (TPSA) is 68.2 Å². The minimum Gasteiger partial charge on any atom is -0.338 e. The number of nitrogens with zero attached hydrogens (tertiary/aromatic N) is 3. The fraction of sp³-hybridized carbons (Fsp3) is 0.800. The van der Waals surface area contributed by atoms with E-state index in [0.717, 1.165) is 37.3 Å². The van der Waals surface area contributed by atoms with Crippen LogP contribution in [0.5, 0.6) is 0 Å². The van der Waals surface area contributed by atoms with Crippen molar-refractivity contribution < 1.29 is 4.52 Å². The van der Waals surface area contributed by atoms with Crippen LogP contribution in [-0.4, -0.2) is 28.1 Å². The van der Waals surface area contributed by atoms with Crippen LogP contribution in [0, 0.1) is 11.8 Å². The van der Waals surface area contributed by atoms with E-state index in [-0.39, 0.29) is 0 Å². The molecule has 1 aliphatic heterocycles. The van der Waals surface area contributed by atoms with Crippen molar-refractivity contribution in [3.63, 3.8) is 0 Å². The second-order valence-corrected chi connectivity index (χ2v) is 4.46. The van der Waals surface area contributed by atoms with E-state index >= 15 is 0 Å². The normalized spacial score (nSPS) is 27.4. The van der Waals surface area contributed by atoms with E-state index in [1.807, 2.05) is 0 Å². The van der Waals surface area contributed by atoms with Crippen molar-refractivity contribution in [2.75, 3.05) is 13.1 Å². The maximum atomic E-state index is 5.41. The summed E-state index contributed by atoms with van der Waals surface area (Å²) in [6.45, 7) is 7.90. The van der Waals surface area contributed by atoms with Gasteiger partial charge in [0, 0.05) is 13.1 Å². The quantitative estimate of drug-likeness (QED) is 0.792. The molecule has 0 aromatic carbocycles. The lowest BCUT2D eigenvalue weighted by Crippen LogP contribution is -2.20. The first-order chi connectivity index (χ1) is 7.19. The van der Waals surface area contributed by atoms with Gasteiger partial charge in [-0.05, 0) is 11.8 Å². The minimum atomic E-state index is 0.319. The predicted octanol–water partition coefficient (Wildman–Crippen LogP) is 0.616. The average molecular weight is 210 g/mol.